The number of aromatic nitrogens is 2. The second kappa shape index (κ2) is 13.2. The monoisotopic (exact) mass is 700 g/mol. The molecular weight excluding hydrogens is 661 g/mol. The summed E-state index contributed by atoms with van der Waals surface area (Å²) in [5.41, 5.74) is 15.9. The minimum atomic E-state index is -0.262. The molecule has 0 fully saturated rings. The maximum atomic E-state index is 6.71. The Labute approximate surface area is 313 Å². The van der Waals surface area contributed by atoms with Crippen LogP contribution in [-0.4, -0.2) is 27.7 Å². The van der Waals surface area contributed by atoms with Crippen molar-refractivity contribution in [3.8, 4) is 5.69 Å². The Morgan fingerprint density at radius 1 is 0.648 bits per heavy atom. The highest BCUT2D eigenvalue weighted by Gasteiger charge is 2.30. The largest absolute Gasteiger partial charge is 0.354 e. The van der Waals surface area contributed by atoms with Crippen LogP contribution in [0.1, 0.15) is 24.2 Å². The second-order valence-corrected chi connectivity index (χ2v) is 14.2. The van der Waals surface area contributed by atoms with Gasteiger partial charge in [-0.05, 0) is 59.7 Å². The first-order chi connectivity index (χ1) is 26.7. The molecule has 3 atom stereocenters. The molecule has 54 heavy (non-hydrogen) atoms. The Balaban J connectivity index is 1.12. The van der Waals surface area contributed by atoms with Gasteiger partial charge in [0.05, 0.1) is 28.2 Å². The van der Waals surface area contributed by atoms with Gasteiger partial charge in [-0.15, -0.1) is 0 Å². The topological polar surface area (TPSA) is 72.3 Å². The lowest BCUT2D eigenvalue weighted by Gasteiger charge is -2.36. The summed E-state index contributed by atoms with van der Waals surface area (Å²) < 4.78 is 4.80. The van der Waals surface area contributed by atoms with Crippen molar-refractivity contribution in [3.63, 3.8) is 0 Å². The van der Waals surface area contributed by atoms with Gasteiger partial charge in [0, 0.05) is 51.0 Å². The predicted molar refractivity (Wildman–Crippen MR) is 226 cm³/mol. The van der Waals surface area contributed by atoms with Crippen molar-refractivity contribution in [1.29, 1.82) is 0 Å². The highest BCUT2D eigenvalue weighted by Crippen LogP contribution is 2.39. The average Bonchev–Trinajstić information content (AvgIpc) is 3.74. The standard InChI is InChI=1S/C48H40N6/c1-31(27-34(30-49)47-50-46(33-16-4-2-5-17-33)51-48(52-47)39-24-14-18-32-15-8-9-21-36(32)39)53-42-25-12-10-22-37(42)40-28-41-38-23-11-13-26-43(38)54(45(41)29-44(40)53)35-19-6-3-7-20-35/h2-29,34,47-48,52H,30,49H2,1H3,(H,50,51)/b31-27+. The molecule has 6 nitrogen and oxygen atoms in total. The number of allylic oxidation sites excluding steroid dienone is 1. The van der Waals surface area contributed by atoms with Crippen LogP contribution in [0.3, 0.4) is 0 Å². The summed E-state index contributed by atoms with van der Waals surface area (Å²) in [5.74, 6) is 0.794. The zero-order chi connectivity index (χ0) is 36.2. The van der Waals surface area contributed by atoms with E-state index in [0.29, 0.717) is 6.54 Å². The van der Waals surface area contributed by atoms with Crippen molar-refractivity contribution in [2.75, 3.05) is 6.54 Å². The SMILES string of the molecule is C/C(=C\C(CN)C1NC(c2ccccc2)=NC(c2cccc3ccccc23)N1)n1c2ccccc2c2cc3c4ccccc4n(-c4ccccc4)c3cc21. The van der Waals surface area contributed by atoms with Gasteiger partial charge in [-0.1, -0.05) is 133 Å². The van der Waals surface area contributed by atoms with Crippen LogP contribution in [0.5, 0.6) is 0 Å². The van der Waals surface area contributed by atoms with Gasteiger partial charge in [-0.2, -0.15) is 0 Å². The van der Waals surface area contributed by atoms with E-state index in [-0.39, 0.29) is 18.2 Å². The third-order valence-electron chi connectivity index (χ3n) is 11.0. The quantitative estimate of drug-likeness (QED) is 0.155. The third kappa shape index (κ3) is 5.30. The van der Waals surface area contributed by atoms with E-state index in [4.69, 9.17) is 10.7 Å². The van der Waals surface area contributed by atoms with Gasteiger partial charge < -0.3 is 20.2 Å². The molecule has 7 aromatic carbocycles. The molecule has 2 aromatic heterocycles. The Kier molecular flexibility index (Phi) is 7.86. The van der Waals surface area contributed by atoms with Gasteiger partial charge >= 0.3 is 0 Å². The number of nitrogens with zero attached hydrogens (tertiary/aromatic N) is 3. The fraction of sp³-hybridized carbons (Fsp3) is 0.104. The maximum Gasteiger partial charge on any atom is 0.131 e. The number of nitrogens with two attached hydrogens (primary N) is 1. The molecule has 6 heteroatoms. The summed E-state index contributed by atoms with van der Waals surface area (Å²) in [7, 11) is 0. The molecule has 262 valence electrons. The number of amidine groups is 1. The molecule has 3 heterocycles. The first kappa shape index (κ1) is 32.2. The van der Waals surface area contributed by atoms with E-state index < -0.39 is 0 Å². The smallest absolute Gasteiger partial charge is 0.131 e. The molecule has 0 radical (unpaired) electrons. The fourth-order valence-electron chi connectivity index (χ4n) is 8.55. The van der Waals surface area contributed by atoms with Crippen LogP contribution in [0.15, 0.2) is 175 Å². The summed E-state index contributed by atoms with van der Waals surface area (Å²) in [6.07, 6.45) is 1.89. The van der Waals surface area contributed by atoms with E-state index in [1.165, 1.54) is 48.9 Å². The summed E-state index contributed by atoms with van der Waals surface area (Å²) in [5, 5.41) is 15.0. The molecule has 10 rings (SSSR count). The highest BCUT2D eigenvalue weighted by molar-refractivity contribution is 6.19. The second-order valence-electron chi connectivity index (χ2n) is 14.2. The Bertz CT molecular complexity index is 2890. The molecule has 0 saturated heterocycles. The van der Waals surface area contributed by atoms with E-state index in [9.17, 15) is 0 Å². The zero-order valence-electron chi connectivity index (χ0n) is 30.0. The molecule has 0 saturated carbocycles. The lowest BCUT2D eigenvalue weighted by atomic mass is 9.98. The van der Waals surface area contributed by atoms with Crippen LogP contribution < -0.4 is 16.4 Å². The normalized spacial score (nSPS) is 17.0. The van der Waals surface area contributed by atoms with Crippen molar-refractivity contribution in [1.82, 2.24) is 19.8 Å². The number of nitrogens with one attached hydrogen (secondary N) is 2. The molecular formula is C48H40N6. The molecule has 3 unspecified atom stereocenters. The van der Waals surface area contributed by atoms with Crippen LogP contribution in [0.25, 0.3) is 65.8 Å². The van der Waals surface area contributed by atoms with Gasteiger partial charge in [-0.25, -0.2) is 4.99 Å². The van der Waals surface area contributed by atoms with E-state index >= 15 is 0 Å². The molecule has 0 amide bonds. The van der Waals surface area contributed by atoms with Crippen molar-refractivity contribution < 1.29 is 0 Å². The number of hydrogen-bond donors (Lipinski definition) is 3. The van der Waals surface area contributed by atoms with Gasteiger partial charge in [0.1, 0.15) is 12.0 Å². The molecule has 1 aliphatic heterocycles. The number of hydrogen-bond acceptors (Lipinski definition) is 4. The molecule has 4 N–H and O–H groups in total. The van der Waals surface area contributed by atoms with E-state index in [1.807, 2.05) is 6.07 Å². The number of benzene rings is 7. The van der Waals surface area contributed by atoms with Crippen molar-refractivity contribution >= 4 is 65.9 Å². The summed E-state index contributed by atoms with van der Waals surface area (Å²) in [6, 6.07) is 58.3. The molecule has 0 bridgehead atoms. The van der Waals surface area contributed by atoms with E-state index in [0.717, 1.165) is 33.9 Å². The first-order valence-electron chi connectivity index (χ1n) is 18.7. The fourth-order valence-corrected chi connectivity index (χ4v) is 8.55. The maximum absolute atomic E-state index is 6.71. The first-order valence-corrected chi connectivity index (χ1v) is 18.7. The van der Waals surface area contributed by atoms with Gasteiger partial charge in [-0.3, -0.25) is 5.32 Å². The van der Waals surface area contributed by atoms with Gasteiger partial charge in [0.25, 0.3) is 0 Å². The Morgan fingerprint density at radius 3 is 2.06 bits per heavy atom. The van der Waals surface area contributed by atoms with Crippen LogP contribution >= 0.6 is 0 Å². The lowest BCUT2D eigenvalue weighted by Crippen LogP contribution is -2.56. The summed E-state index contributed by atoms with van der Waals surface area (Å²) >= 11 is 0. The van der Waals surface area contributed by atoms with Crippen molar-refractivity contribution in [2.24, 2.45) is 16.6 Å². The van der Waals surface area contributed by atoms with Crippen LogP contribution in [0, 0.1) is 5.92 Å². The minimum Gasteiger partial charge on any atom is -0.354 e. The average molecular weight is 701 g/mol. The Hall–Kier alpha value is -6.47. The van der Waals surface area contributed by atoms with Crippen LogP contribution in [0.4, 0.5) is 0 Å². The summed E-state index contributed by atoms with van der Waals surface area (Å²) in [6.45, 7) is 2.65. The van der Waals surface area contributed by atoms with Crippen molar-refractivity contribution in [2.45, 2.75) is 19.3 Å². The van der Waals surface area contributed by atoms with Crippen LogP contribution in [0.2, 0.25) is 0 Å². The number of rotatable bonds is 7. The lowest BCUT2D eigenvalue weighted by molar-refractivity contribution is 0.333. The van der Waals surface area contributed by atoms with Gasteiger partial charge in [0.2, 0.25) is 0 Å². The molecule has 1 aliphatic rings. The third-order valence-corrected chi connectivity index (χ3v) is 11.0. The predicted octanol–water partition coefficient (Wildman–Crippen LogP) is 10.1. The number of fused-ring (bicyclic) bond motifs is 7. The minimum absolute atomic E-state index is 0.0626. The summed E-state index contributed by atoms with van der Waals surface area (Å²) in [4.78, 5) is 5.26. The molecule has 9 aromatic rings. The number of aliphatic imine (C=N–C) groups is 1. The van der Waals surface area contributed by atoms with Gasteiger partial charge in [0.15, 0.2) is 0 Å². The van der Waals surface area contributed by atoms with E-state index in [2.05, 4.69) is 190 Å². The highest BCUT2D eigenvalue weighted by atomic mass is 15.3. The zero-order valence-corrected chi connectivity index (χ0v) is 30.0. The van der Waals surface area contributed by atoms with Crippen molar-refractivity contribution in [3.05, 3.63) is 181 Å². The van der Waals surface area contributed by atoms with Crippen LogP contribution in [-0.2, 0) is 0 Å². The van der Waals surface area contributed by atoms with E-state index in [1.54, 1.807) is 0 Å². The molecule has 0 aliphatic carbocycles. The Morgan fingerprint density at radius 2 is 1.28 bits per heavy atom. The number of para-hydroxylation sites is 3. The molecule has 0 spiro atoms.